The van der Waals surface area contributed by atoms with Crippen LogP contribution < -0.4 is 4.74 Å². The van der Waals surface area contributed by atoms with Gasteiger partial charge < -0.3 is 9.57 Å². The van der Waals surface area contributed by atoms with E-state index < -0.39 is 0 Å². The number of hydrogen-bond acceptors (Lipinski definition) is 3. The second-order valence-electron chi connectivity index (χ2n) is 4.03. The summed E-state index contributed by atoms with van der Waals surface area (Å²) in [5.74, 6) is 1.49. The number of para-hydroxylation sites is 1. The Kier molecular flexibility index (Phi) is 3.81. The third kappa shape index (κ3) is 2.75. The van der Waals surface area contributed by atoms with Crippen molar-refractivity contribution in [1.29, 1.82) is 0 Å². The lowest BCUT2D eigenvalue weighted by atomic mass is 9.87. The standard InChI is InChI=1S/C13H17NO2/c1-15-13-8-3-2-7-12(13)10-16-14-9-11-5-4-6-11/h2-3,7-9,11H,4-6,10H2,1H3. The molecule has 1 aromatic carbocycles. The van der Waals surface area contributed by atoms with Crippen LogP contribution in [0.1, 0.15) is 24.8 Å². The van der Waals surface area contributed by atoms with Crippen molar-refractivity contribution in [3.8, 4) is 5.75 Å². The van der Waals surface area contributed by atoms with Crippen molar-refractivity contribution in [2.45, 2.75) is 25.9 Å². The van der Waals surface area contributed by atoms with Crippen molar-refractivity contribution in [3.63, 3.8) is 0 Å². The smallest absolute Gasteiger partial charge is 0.145 e. The predicted molar refractivity (Wildman–Crippen MR) is 63.6 cm³/mol. The summed E-state index contributed by atoms with van der Waals surface area (Å²) in [7, 11) is 1.66. The molecule has 1 aromatic rings. The van der Waals surface area contributed by atoms with Gasteiger partial charge in [0.25, 0.3) is 0 Å². The van der Waals surface area contributed by atoms with Gasteiger partial charge in [-0.2, -0.15) is 0 Å². The first-order valence-electron chi connectivity index (χ1n) is 5.67. The topological polar surface area (TPSA) is 30.8 Å². The maximum Gasteiger partial charge on any atom is 0.145 e. The lowest BCUT2D eigenvalue weighted by Crippen LogP contribution is -2.11. The summed E-state index contributed by atoms with van der Waals surface area (Å²) in [4.78, 5) is 5.26. The summed E-state index contributed by atoms with van der Waals surface area (Å²) < 4.78 is 5.22. The molecular weight excluding hydrogens is 202 g/mol. The van der Waals surface area contributed by atoms with Gasteiger partial charge in [-0.05, 0) is 24.8 Å². The average molecular weight is 219 g/mol. The second-order valence-corrected chi connectivity index (χ2v) is 4.03. The van der Waals surface area contributed by atoms with Crippen LogP contribution in [-0.2, 0) is 11.4 Å². The molecule has 2 rings (SSSR count). The first kappa shape index (κ1) is 11.0. The second kappa shape index (κ2) is 5.54. The first-order chi connectivity index (χ1) is 7.90. The van der Waals surface area contributed by atoms with Crippen LogP contribution in [0.25, 0.3) is 0 Å². The van der Waals surface area contributed by atoms with Gasteiger partial charge in [0.05, 0.1) is 7.11 Å². The highest BCUT2D eigenvalue weighted by Crippen LogP contribution is 2.24. The van der Waals surface area contributed by atoms with Crippen molar-refractivity contribution < 1.29 is 9.57 Å². The molecule has 0 bridgehead atoms. The summed E-state index contributed by atoms with van der Waals surface area (Å²) in [6.45, 7) is 0.466. The Balaban J connectivity index is 1.81. The van der Waals surface area contributed by atoms with E-state index in [-0.39, 0.29) is 0 Å². The Bertz CT molecular complexity index is 359. The lowest BCUT2D eigenvalue weighted by Gasteiger charge is -2.19. The normalized spacial score (nSPS) is 16.1. The highest BCUT2D eigenvalue weighted by atomic mass is 16.6. The number of rotatable bonds is 5. The minimum atomic E-state index is 0.466. The number of nitrogens with zero attached hydrogens (tertiary/aromatic N) is 1. The van der Waals surface area contributed by atoms with E-state index in [1.165, 1.54) is 19.3 Å². The van der Waals surface area contributed by atoms with Crippen LogP contribution in [0.3, 0.4) is 0 Å². The van der Waals surface area contributed by atoms with Crippen LogP contribution in [0.15, 0.2) is 29.4 Å². The van der Waals surface area contributed by atoms with Crippen LogP contribution in [0.4, 0.5) is 0 Å². The summed E-state index contributed by atoms with van der Waals surface area (Å²) in [5.41, 5.74) is 1.02. The average Bonchev–Trinajstić information content (AvgIpc) is 2.27. The SMILES string of the molecule is COc1ccccc1CON=CC1CCC1. The van der Waals surface area contributed by atoms with Gasteiger partial charge in [0.15, 0.2) is 0 Å². The first-order valence-corrected chi connectivity index (χ1v) is 5.67. The van der Waals surface area contributed by atoms with E-state index in [2.05, 4.69) is 5.16 Å². The molecule has 16 heavy (non-hydrogen) atoms. The Morgan fingerprint density at radius 3 is 2.88 bits per heavy atom. The molecule has 0 amide bonds. The van der Waals surface area contributed by atoms with Gasteiger partial charge in [0.1, 0.15) is 12.4 Å². The molecule has 0 radical (unpaired) electrons. The van der Waals surface area contributed by atoms with E-state index in [0.29, 0.717) is 12.5 Å². The van der Waals surface area contributed by atoms with Crippen LogP contribution >= 0.6 is 0 Å². The molecule has 0 atom stereocenters. The van der Waals surface area contributed by atoms with Gasteiger partial charge in [-0.1, -0.05) is 29.8 Å². The molecule has 3 heteroatoms. The number of benzene rings is 1. The molecule has 0 heterocycles. The largest absolute Gasteiger partial charge is 0.496 e. The molecule has 1 aliphatic rings. The highest BCUT2D eigenvalue weighted by Gasteiger charge is 2.14. The van der Waals surface area contributed by atoms with Gasteiger partial charge in [0, 0.05) is 11.8 Å². The molecule has 0 spiro atoms. The fourth-order valence-electron chi connectivity index (χ4n) is 1.65. The van der Waals surface area contributed by atoms with Crippen molar-refractivity contribution >= 4 is 6.21 Å². The zero-order valence-electron chi connectivity index (χ0n) is 9.56. The van der Waals surface area contributed by atoms with Crippen LogP contribution in [0.5, 0.6) is 5.75 Å². The zero-order valence-corrected chi connectivity index (χ0v) is 9.56. The maximum absolute atomic E-state index is 5.26. The van der Waals surface area contributed by atoms with Crippen LogP contribution in [0, 0.1) is 5.92 Å². The van der Waals surface area contributed by atoms with Crippen molar-refractivity contribution in [2.24, 2.45) is 11.1 Å². The molecule has 0 aliphatic heterocycles. The van der Waals surface area contributed by atoms with Crippen LogP contribution in [-0.4, -0.2) is 13.3 Å². The monoisotopic (exact) mass is 219 g/mol. The summed E-state index contributed by atoms with van der Waals surface area (Å²) in [6.07, 6.45) is 5.74. The minimum Gasteiger partial charge on any atom is -0.496 e. The Hall–Kier alpha value is -1.51. The van der Waals surface area contributed by atoms with E-state index in [4.69, 9.17) is 9.57 Å². The Labute approximate surface area is 96.1 Å². The Morgan fingerprint density at radius 2 is 2.19 bits per heavy atom. The van der Waals surface area contributed by atoms with Gasteiger partial charge in [-0.3, -0.25) is 0 Å². The third-order valence-electron chi connectivity index (χ3n) is 2.91. The third-order valence-corrected chi connectivity index (χ3v) is 2.91. The Morgan fingerprint density at radius 1 is 1.38 bits per heavy atom. The summed E-state index contributed by atoms with van der Waals surface area (Å²) in [5, 5.41) is 3.98. The zero-order chi connectivity index (χ0) is 11.2. The van der Waals surface area contributed by atoms with E-state index in [1.807, 2.05) is 30.5 Å². The van der Waals surface area contributed by atoms with Crippen molar-refractivity contribution in [3.05, 3.63) is 29.8 Å². The molecule has 1 aliphatic carbocycles. The van der Waals surface area contributed by atoms with E-state index >= 15 is 0 Å². The van der Waals surface area contributed by atoms with Crippen molar-refractivity contribution in [2.75, 3.05) is 7.11 Å². The van der Waals surface area contributed by atoms with E-state index in [1.54, 1.807) is 7.11 Å². The quantitative estimate of drug-likeness (QED) is 0.563. The number of hydrogen-bond donors (Lipinski definition) is 0. The van der Waals surface area contributed by atoms with E-state index in [0.717, 1.165) is 11.3 Å². The summed E-state index contributed by atoms with van der Waals surface area (Å²) >= 11 is 0. The molecule has 3 nitrogen and oxygen atoms in total. The lowest BCUT2D eigenvalue weighted by molar-refractivity contribution is 0.127. The van der Waals surface area contributed by atoms with Gasteiger partial charge in [-0.25, -0.2) is 0 Å². The maximum atomic E-state index is 5.26. The fraction of sp³-hybridized carbons (Fsp3) is 0.462. The molecule has 0 unspecified atom stereocenters. The van der Waals surface area contributed by atoms with Gasteiger partial charge in [0.2, 0.25) is 0 Å². The molecule has 1 fully saturated rings. The molecule has 0 aromatic heterocycles. The van der Waals surface area contributed by atoms with Gasteiger partial charge in [-0.15, -0.1) is 0 Å². The molecule has 0 N–H and O–H groups in total. The van der Waals surface area contributed by atoms with Crippen LogP contribution in [0.2, 0.25) is 0 Å². The summed E-state index contributed by atoms with van der Waals surface area (Å²) in [6, 6.07) is 7.82. The minimum absolute atomic E-state index is 0.466. The van der Waals surface area contributed by atoms with Gasteiger partial charge >= 0.3 is 0 Å². The number of methoxy groups -OCH3 is 1. The van der Waals surface area contributed by atoms with Crippen molar-refractivity contribution in [1.82, 2.24) is 0 Å². The van der Waals surface area contributed by atoms with E-state index in [9.17, 15) is 0 Å². The molecule has 1 saturated carbocycles. The predicted octanol–water partition coefficient (Wildman–Crippen LogP) is 3.00. The molecule has 0 saturated heterocycles. The highest BCUT2D eigenvalue weighted by molar-refractivity contribution is 5.60. The fourth-order valence-corrected chi connectivity index (χ4v) is 1.65. The number of oxime groups is 1. The molecule has 86 valence electrons. The molecular formula is C13H17NO2. The number of ether oxygens (including phenoxy) is 1.